The van der Waals surface area contributed by atoms with E-state index in [0.717, 1.165) is 13.0 Å². The van der Waals surface area contributed by atoms with E-state index in [4.69, 9.17) is 0 Å². The maximum absolute atomic E-state index is 13.3. The molecule has 1 aliphatic heterocycles. The standard InChI is InChI=1S/C25H38N4O6S/c1-15(2)13-21(25(34)35)29-24(33)20(14-16-6-8-17(30)9-7-16)28-23(32)19(10-12-36-3)27-22(31)18-5-4-11-26-18/h6-9,15,18-21,26,30H,4-5,10-14H2,1-3H3,(H,27,31)(H,28,32)(H,29,33)(H,34,35). The van der Waals surface area contributed by atoms with E-state index in [1.165, 1.54) is 23.9 Å². The van der Waals surface area contributed by atoms with Crippen molar-refractivity contribution in [1.82, 2.24) is 21.3 Å². The Bertz CT molecular complexity index is 889. The van der Waals surface area contributed by atoms with E-state index in [1.807, 2.05) is 20.1 Å². The molecule has 200 valence electrons. The molecule has 11 heteroatoms. The van der Waals surface area contributed by atoms with Crippen LogP contribution in [0.3, 0.4) is 0 Å². The van der Waals surface area contributed by atoms with Gasteiger partial charge in [0.2, 0.25) is 17.7 Å². The van der Waals surface area contributed by atoms with Gasteiger partial charge in [-0.2, -0.15) is 11.8 Å². The van der Waals surface area contributed by atoms with Crippen LogP contribution < -0.4 is 21.3 Å². The Morgan fingerprint density at radius 1 is 1.03 bits per heavy atom. The zero-order valence-electron chi connectivity index (χ0n) is 21.1. The summed E-state index contributed by atoms with van der Waals surface area (Å²) in [7, 11) is 0. The maximum Gasteiger partial charge on any atom is 0.326 e. The first-order valence-electron chi connectivity index (χ1n) is 12.2. The average molecular weight is 523 g/mol. The normalized spacial score (nSPS) is 17.7. The lowest BCUT2D eigenvalue weighted by Gasteiger charge is -2.25. The Kier molecular flexibility index (Phi) is 12.0. The van der Waals surface area contributed by atoms with Crippen molar-refractivity contribution in [3.8, 4) is 5.75 Å². The minimum Gasteiger partial charge on any atom is -0.508 e. The van der Waals surface area contributed by atoms with Gasteiger partial charge in [-0.15, -0.1) is 0 Å². The Labute approximate surface area is 216 Å². The van der Waals surface area contributed by atoms with Crippen LogP contribution in [-0.2, 0) is 25.6 Å². The van der Waals surface area contributed by atoms with Crippen molar-refractivity contribution in [2.75, 3.05) is 18.6 Å². The summed E-state index contributed by atoms with van der Waals surface area (Å²) in [5.41, 5.74) is 0.670. The summed E-state index contributed by atoms with van der Waals surface area (Å²) in [5.74, 6) is -1.82. The molecule has 1 heterocycles. The molecule has 0 spiro atoms. The van der Waals surface area contributed by atoms with Crippen molar-refractivity contribution in [3.63, 3.8) is 0 Å². The van der Waals surface area contributed by atoms with Gasteiger partial charge in [0.05, 0.1) is 6.04 Å². The van der Waals surface area contributed by atoms with Crippen molar-refractivity contribution >= 4 is 35.5 Å². The summed E-state index contributed by atoms with van der Waals surface area (Å²) in [6.45, 7) is 4.46. The van der Waals surface area contributed by atoms with E-state index in [2.05, 4.69) is 21.3 Å². The fourth-order valence-electron chi connectivity index (χ4n) is 4.00. The molecule has 0 radical (unpaired) electrons. The lowest BCUT2D eigenvalue weighted by molar-refractivity contribution is -0.142. The maximum atomic E-state index is 13.3. The molecular formula is C25H38N4O6S. The summed E-state index contributed by atoms with van der Waals surface area (Å²) in [6.07, 6.45) is 4.18. The van der Waals surface area contributed by atoms with Gasteiger partial charge in [0, 0.05) is 6.42 Å². The molecule has 4 atom stereocenters. The lowest BCUT2D eigenvalue weighted by atomic mass is 10.0. The molecule has 1 saturated heterocycles. The highest BCUT2D eigenvalue weighted by Gasteiger charge is 2.31. The zero-order chi connectivity index (χ0) is 26.7. The van der Waals surface area contributed by atoms with Gasteiger partial charge in [-0.1, -0.05) is 26.0 Å². The van der Waals surface area contributed by atoms with Crippen LogP contribution in [-0.4, -0.2) is 76.6 Å². The summed E-state index contributed by atoms with van der Waals surface area (Å²) >= 11 is 1.54. The number of carboxylic acids is 1. The fourth-order valence-corrected chi connectivity index (χ4v) is 4.47. The van der Waals surface area contributed by atoms with Crippen molar-refractivity contribution < 1.29 is 29.4 Å². The van der Waals surface area contributed by atoms with Crippen molar-refractivity contribution in [3.05, 3.63) is 29.8 Å². The van der Waals surface area contributed by atoms with Crippen LogP contribution in [0.2, 0.25) is 0 Å². The Morgan fingerprint density at radius 3 is 2.22 bits per heavy atom. The molecule has 1 aromatic carbocycles. The summed E-state index contributed by atoms with van der Waals surface area (Å²) in [4.78, 5) is 50.8. The summed E-state index contributed by atoms with van der Waals surface area (Å²) in [5, 5.41) is 30.3. The van der Waals surface area contributed by atoms with E-state index >= 15 is 0 Å². The molecular weight excluding hydrogens is 484 g/mol. The Morgan fingerprint density at radius 2 is 1.67 bits per heavy atom. The van der Waals surface area contributed by atoms with Gasteiger partial charge >= 0.3 is 5.97 Å². The highest BCUT2D eigenvalue weighted by Crippen LogP contribution is 2.13. The van der Waals surface area contributed by atoms with Gasteiger partial charge in [0.1, 0.15) is 23.9 Å². The number of benzene rings is 1. The van der Waals surface area contributed by atoms with E-state index in [-0.39, 0.29) is 36.5 Å². The number of aromatic hydroxyl groups is 1. The smallest absolute Gasteiger partial charge is 0.326 e. The first kappa shape index (κ1) is 29.4. The third kappa shape index (κ3) is 9.69. The predicted octanol–water partition coefficient (Wildman–Crippen LogP) is 1.02. The van der Waals surface area contributed by atoms with Crippen LogP contribution >= 0.6 is 11.8 Å². The second kappa shape index (κ2) is 14.7. The number of rotatable bonds is 14. The van der Waals surface area contributed by atoms with Gasteiger partial charge in [-0.25, -0.2) is 4.79 Å². The lowest BCUT2D eigenvalue weighted by Crippen LogP contribution is -2.57. The van der Waals surface area contributed by atoms with Gasteiger partial charge < -0.3 is 31.5 Å². The molecule has 0 aliphatic carbocycles. The van der Waals surface area contributed by atoms with Gasteiger partial charge in [0.15, 0.2) is 0 Å². The van der Waals surface area contributed by atoms with E-state index in [0.29, 0.717) is 24.2 Å². The van der Waals surface area contributed by atoms with Crippen molar-refractivity contribution in [2.45, 2.75) is 70.1 Å². The van der Waals surface area contributed by atoms with Crippen LogP contribution in [0.1, 0.15) is 45.1 Å². The Hall–Kier alpha value is -2.79. The van der Waals surface area contributed by atoms with Crippen LogP contribution in [0.5, 0.6) is 5.75 Å². The molecule has 0 bridgehead atoms. The van der Waals surface area contributed by atoms with Crippen LogP contribution in [0.25, 0.3) is 0 Å². The molecule has 0 saturated carbocycles. The highest BCUT2D eigenvalue weighted by molar-refractivity contribution is 7.98. The largest absolute Gasteiger partial charge is 0.508 e. The van der Waals surface area contributed by atoms with Gasteiger partial charge in [-0.3, -0.25) is 14.4 Å². The molecule has 1 fully saturated rings. The highest BCUT2D eigenvalue weighted by atomic mass is 32.2. The fraction of sp³-hybridized carbons (Fsp3) is 0.600. The number of carbonyl (C=O) groups excluding carboxylic acids is 3. The number of hydrogen-bond donors (Lipinski definition) is 6. The van der Waals surface area contributed by atoms with E-state index < -0.39 is 35.9 Å². The number of carboxylic acid groups (broad SMARTS) is 1. The number of amides is 3. The first-order chi connectivity index (χ1) is 17.1. The summed E-state index contributed by atoms with van der Waals surface area (Å²) < 4.78 is 0. The molecule has 6 N–H and O–H groups in total. The number of phenols is 1. The second-order valence-electron chi connectivity index (χ2n) is 9.45. The second-order valence-corrected chi connectivity index (χ2v) is 10.4. The number of carbonyl (C=O) groups is 4. The average Bonchev–Trinajstić information content (AvgIpc) is 3.37. The number of nitrogens with one attached hydrogen (secondary N) is 4. The van der Waals surface area contributed by atoms with Crippen LogP contribution in [0.4, 0.5) is 0 Å². The Balaban J connectivity index is 2.20. The van der Waals surface area contributed by atoms with Crippen molar-refractivity contribution in [1.29, 1.82) is 0 Å². The third-order valence-corrected chi connectivity index (χ3v) is 6.60. The molecule has 36 heavy (non-hydrogen) atoms. The van der Waals surface area contributed by atoms with Crippen molar-refractivity contribution in [2.24, 2.45) is 5.92 Å². The molecule has 1 aromatic rings. The van der Waals surface area contributed by atoms with Gasteiger partial charge in [0.25, 0.3) is 0 Å². The molecule has 1 aliphatic rings. The minimum absolute atomic E-state index is 0.0341. The SMILES string of the molecule is CSCCC(NC(=O)C1CCCN1)C(=O)NC(Cc1ccc(O)cc1)C(=O)NC(CC(C)C)C(=O)O. The predicted molar refractivity (Wildman–Crippen MR) is 139 cm³/mol. The molecule has 2 rings (SSSR count). The zero-order valence-corrected chi connectivity index (χ0v) is 21.9. The van der Waals surface area contributed by atoms with Crippen LogP contribution in [0.15, 0.2) is 24.3 Å². The quantitative estimate of drug-likeness (QED) is 0.211. The van der Waals surface area contributed by atoms with E-state index in [9.17, 15) is 29.4 Å². The number of thioether (sulfide) groups is 1. The first-order valence-corrected chi connectivity index (χ1v) is 13.6. The minimum atomic E-state index is -1.15. The third-order valence-electron chi connectivity index (χ3n) is 5.95. The van der Waals surface area contributed by atoms with Gasteiger partial charge in [-0.05, 0) is 67.9 Å². The number of aliphatic carboxylic acids is 1. The molecule has 10 nitrogen and oxygen atoms in total. The molecule has 3 amide bonds. The van der Waals surface area contributed by atoms with Crippen LogP contribution in [0, 0.1) is 5.92 Å². The topological polar surface area (TPSA) is 157 Å². The molecule has 0 aromatic heterocycles. The number of phenolic OH excluding ortho intramolecular Hbond substituents is 1. The number of hydrogen-bond acceptors (Lipinski definition) is 7. The monoisotopic (exact) mass is 522 g/mol. The summed E-state index contributed by atoms with van der Waals surface area (Å²) in [6, 6.07) is 2.84. The van der Waals surface area contributed by atoms with E-state index in [1.54, 1.807) is 12.1 Å². The molecule has 4 unspecified atom stereocenters.